The van der Waals surface area contributed by atoms with E-state index in [1.807, 2.05) is 37.3 Å². The van der Waals surface area contributed by atoms with Crippen molar-refractivity contribution in [2.45, 2.75) is 18.4 Å². The Balaban J connectivity index is 1.66. The van der Waals surface area contributed by atoms with Gasteiger partial charge in [-0.3, -0.25) is 4.90 Å². The SMILES string of the molecule is Cc1ccc(S(=O)(=O)N2CCN(Cc3c(Cl)cccc3Cl)CC2)cc1. The van der Waals surface area contributed by atoms with Crippen LogP contribution in [-0.2, 0) is 16.6 Å². The van der Waals surface area contributed by atoms with E-state index in [1.165, 1.54) is 0 Å². The maximum atomic E-state index is 12.7. The number of hydrogen-bond donors (Lipinski definition) is 0. The molecule has 0 amide bonds. The maximum absolute atomic E-state index is 12.7. The molecule has 0 spiro atoms. The van der Waals surface area contributed by atoms with E-state index in [9.17, 15) is 8.42 Å². The molecular formula is C18H20Cl2N2O2S. The molecule has 0 aromatic heterocycles. The largest absolute Gasteiger partial charge is 0.296 e. The molecule has 134 valence electrons. The topological polar surface area (TPSA) is 40.6 Å². The molecule has 2 aromatic rings. The average molecular weight is 399 g/mol. The van der Waals surface area contributed by atoms with Gasteiger partial charge in [-0.25, -0.2) is 8.42 Å². The van der Waals surface area contributed by atoms with Gasteiger partial charge in [0.15, 0.2) is 0 Å². The summed E-state index contributed by atoms with van der Waals surface area (Å²) >= 11 is 12.5. The summed E-state index contributed by atoms with van der Waals surface area (Å²) in [6, 6.07) is 12.4. The van der Waals surface area contributed by atoms with Crippen LogP contribution >= 0.6 is 23.2 Å². The van der Waals surface area contributed by atoms with E-state index in [4.69, 9.17) is 23.2 Å². The molecule has 4 nitrogen and oxygen atoms in total. The lowest BCUT2D eigenvalue weighted by atomic mass is 10.2. The molecule has 1 saturated heterocycles. The summed E-state index contributed by atoms with van der Waals surface area (Å²) in [5.41, 5.74) is 1.93. The van der Waals surface area contributed by atoms with E-state index >= 15 is 0 Å². The highest BCUT2D eigenvalue weighted by atomic mass is 35.5. The molecule has 0 aliphatic carbocycles. The van der Waals surface area contributed by atoms with Crippen molar-refractivity contribution in [3.63, 3.8) is 0 Å². The number of benzene rings is 2. The Labute approximate surface area is 159 Å². The third-order valence-corrected chi connectivity index (χ3v) is 7.05. The van der Waals surface area contributed by atoms with Crippen LogP contribution in [0.4, 0.5) is 0 Å². The fourth-order valence-corrected chi connectivity index (χ4v) is 4.83. The van der Waals surface area contributed by atoms with Crippen LogP contribution in [0.25, 0.3) is 0 Å². The van der Waals surface area contributed by atoms with Crippen LogP contribution in [0.3, 0.4) is 0 Å². The van der Waals surface area contributed by atoms with Gasteiger partial charge in [0, 0.05) is 48.3 Å². The van der Waals surface area contributed by atoms with E-state index in [2.05, 4.69) is 4.90 Å². The molecule has 1 aliphatic rings. The fourth-order valence-electron chi connectivity index (χ4n) is 2.89. The fraction of sp³-hybridized carbons (Fsp3) is 0.333. The lowest BCUT2D eigenvalue weighted by molar-refractivity contribution is 0.181. The Morgan fingerprint density at radius 1 is 0.920 bits per heavy atom. The highest BCUT2D eigenvalue weighted by molar-refractivity contribution is 7.89. The van der Waals surface area contributed by atoms with Gasteiger partial charge in [-0.2, -0.15) is 4.31 Å². The van der Waals surface area contributed by atoms with Crippen molar-refractivity contribution in [1.29, 1.82) is 0 Å². The van der Waals surface area contributed by atoms with Crippen LogP contribution in [0, 0.1) is 6.92 Å². The van der Waals surface area contributed by atoms with Crippen LogP contribution in [-0.4, -0.2) is 43.8 Å². The highest BCUT2D eigenvalue weighted by Crippen LogP contribution is 2.26. The maximum Gasteiger partial charge on any atom is 0.243 e. The van der Waals surface area contributed by atoms with E-state index in [-0.39, 0.29) is 0 Å². The summed E-state index contributed by atoms with van der Waals surface area (Å²) in [6.07, 6.45) is 0. The molecule has 2 aromatic carbocycles. The quantitative estimate of drug-likeness (QED) is 0.785. The van der Waals surface area contributed by atoms with Gasteiger partial charge >= 0.3 is 0 Å². The number of halogens is 2. The number of piperazine rings is 1. The van der Waals surface area contributed by atoms with Crippen molar-refractivity contribution in [3.05, 3.63) is 63.6 Å². The van der Waals surface area contributed by atoms with Crippen LogP contribution in [0.1, 0.15) is 11.1 Å². The highest BCUT2D eigenvalue weighted by Gasteiger charge is 2.28. The average Bonchev–Trinajstić information content (AvgIpc) is 2.59. The third kappa shape index (κ3) is 4.18. The number of aryl methyl sites for hydroxylation is 1. The second kappa shape index (κ2) is 7.64. The number of rotatable bonds is 4. The van der Waals surface area contributed by atoms with E-state index in [0.717, 1.165) is 11.1 Å². The van der Waals surface area contributed by atoms with Gasteiger partial charge in [-0.05, 0) is 31.2 Å². The van der Waals surface area contributed by atoms with Gasteiger partial charge in [0.1, 0.15) is 0 Å². The van der Waals surface area contributed by atoms with Crippen LogP contribution in [0.15, 0.2) is 47.4 Å². The molecule has 25 heavy (non-hydrogen) atoms. The monoisotopic (exact) mass is 398 g/mol. The normalized spacial score (nSPS) is 16.9. The first-order valence-electron chi connectivity index (χ1n) is 8.10. The summed E-state index contributed by atoms with van der Waals surface area (Å²) in [6.45, 7) is 4.77. The van der Waals surface area contributed by atoms with Crippen molar-refractivity contribution in [3.8, 4) is 0 Å². The Morgan fingerprint density at radius 2 is 1.48 bits per heavy atom. The molecule has 0 atom stereocenters. The molecule has 1 heterocycles. The summed E-state index contributed by atoms with van der Waals surface area (Å²) in [5.74, 6) is 0. The van der Waals surface area contributed by atoms with E-state index < -0.39 is 10.0 Å². The zero-order valence-electron chi connectivity index (χ0n) is 14.0. The van der Waals surface area contributed by atoms with Crippen LogP contribution < -0.4 is 0 Å². The zero-order valence-corrected chi connectivity index (χ0v) is 16.3. The minimum Gasteiger partial charge on any atom is -0.296 e. The molecule has 1 aliphatic heterocycles. The van der Waals surface area contributed by atoms with Crippen LogP contribution in [0.2, 0.25) is 10.0 Å². The van der Waals surface area contributed by atoms with Crippen molar-refractivity contribution in [2.75, 3.05) is 26.2 Å². The molecule has 0 bridgehead atoms. The predicted molar refractivity (Wildman–Crippen MR) is 102 cm³/mol. The van der Waals surface area contributed by atoms with Crippen molar-refractivity contribution < 1.29 is 8.42 Å². The van der Waals surface area contributed by atoms with Crippen molar-refractivity contribution in [1.82, 2.24) is 9.21 Å². The van der Waals surface area contributed by atoms with Gasteiger partial charge in [0.2, 0.25) is 10.0 Å². The predicted octanol–water partition coefficient (Wildman–Crippen LogP) is 3.81. The van der Waals surface area contributed by atoms with Crippen LogP contribution in [0.5, 0.6) is 0 Å². The molecule has 0 saturated carbocycles. The van der Waals surface area contributed by atoms with Gasteiger partial charge in [0.05, 0.1) is 4.90 Å². The molecule has 7 heteroatoms. The second-order valence-electron chi connectivity index (χ2n) is 6.19. The summed E-state index contributed by atoms with van der Waals surface area (Å²) in [7, 11) is -3.44. The second-order valence-corrected chi connectivity index (χ2v) is 8.95. The minimum absolute atomic E-state index is 0.348. The molecule has 3 rings (SSSR count). The first kappa shape index (κ1) is 18.7. The van der Waals surface area contributed by atoms with E-state index in [0.29, 0.717) is 47.7 Å². The first-order chi connectivity index (χ1) is 11.9. The first-order valence-corrected chi connectivity index (χ1v) is 10.3. The van der Waals surface area contributed by atoms with Crippen molar-refractivity contribution >= 4 is 33.2 Å². The zero-order chi connectivity index (χ0) is 18.0. The molecule has 0 unspecified atom stereocenters. The molecule has 0 N–H and O–H groups in total. The molecular weight excluding hydrogens is 379 g/mol. The third-order valence-electron chi connectivity index (χ3n) is 4.43. The Kier molecular flexibility index (Phi) is 5.71. The van der Waals surface area contributed by atoms with E-state index in [1.54, 1.807) is 16.4 Å². The summed E-state index contributed by atoms with van der Waals surface area (Å²) in [4.78, 5) is 2.52. The lowest BCUT2D eigenvalue weighted by Crippen LogP contribution is -2.48. The number of hydrogen-bond acceptors (Lipinski definition) is 3. The smallest absolute Gasteiger partial charge is 0.243 e. The Morgan fingerprint density at radius 3 is 2.04 bits per heavy atom. The van der Waals surface area contributed by atoms with Gasteiger partial charge in [-0.15, -0.1) is 0 Å². The Hall–Kier alpha value is -1.11. The standard InChI is InChI=1S/C18H20Cl2N2O2S/c1-14-5-7-15(8-6-14)25(23,24)22-11-9-21(10-12-22)13-16-17(19)3-2-4-18(16)20/h2-8H,9-13H2,1H3. The van der Waals surface area contributed by atoms with Gasteiger partial charge < -0.3 is 0 Å². The van der Waals surface area contributed by atoms with Crippen molar-refractivity contribution in [2.24, 2.45) is 0 Å². The summed E-state index contributed by atoms with van der Waals surface area (Å²) < 4.78 is 27.0. The minimum atomic E-state index is -3.44. The Bertz CT molecular complexity index is 826. The molecule has 1 fully saturated rings. The number of sulfonamides is 1. The molecule has 0 radical (unpaired) electrons. The summed E-state index contributed by atoms with van der Waals surface area (Å²) in [5, 5.41) is 1.28. The number of nitrogens with zero attached hydrogens (tertiary/aromatic N) is 2. The lowest BCUT2D eigenvalue weighted by Gasteiger charge is -2.34. The van der Waals surface area contributed by atoms with Gasteiger partial charge in [0.25, 0.3) is 0 Å². The van der Waals surface area contributed by atoms with Gasteiger partial charge in [-0.1, -0.05) is 47.0 Å².